The van der Waals surface area contributed by atoms with E-state index in [1.165, 1.54) is 12.0 Å². The normalized spacial score (nSPS) is 11.4. The number of nitrogens with one attached hydrogen (secondary N) is 2. The average Bonchev–Trinajstić information content (AvgIpc) is 2.49. The number of unbranched alkanes of at least 4 members (excludes halogenated alkanes) is 1. The van der Waals surface area contributed by atoms with Crippen LogP contribution in [0.4, 0.5) is 0 Å². The zero-order chi connectivity index (χ0) is 14.5. The van der Waals surface area contributed by atoms with Crippen LogP contribution in [0, 0.1) is 0 Å². The third-order valence-corrected chi connectivity index (χ3v) is 2.79. The van der Waals surface area contributed by atoms with Gasteiger partial charge in [-0.15, -0.1) is 0 Å². The molecule has 4 heteroatoms. The fraction of sp³-hybridized carbons (Fsp3) is 0.562. The number of hydrogen-bond donors (Lipinski definition) is 2. The van der Waals surface area contributed by atoms with Gasteiger partial charge in [-0.1, -0.05) is 43.7 Å². The molecule has 0 amide bonds. The predicted molar refractivity (Wildman–Crippen MR) is 85.0 cm³/mol. The van der Waals surface area contributed by atoms with E-state index in [-0.39, 0.29) is 0 Å². The van der Waals surface area contributed by atoms with Crippen molar-refractivity contribution in [2.75, 3.05) is 26.3 Å². The molecule has 0 unspecified atom stereocenters. The van der Waals surface area contributed by atoms with Gasteiger partial charge in [0.15, 0.2) is 5.96 Å². The van der Waals surface area contributed by atoms with Gasteiger partial charge in [-0.05, 0) is 18.9 Å². The van der Waals surface area contributed by atoms with Gasteiger partial charge in [0, 0.05) is 19.7 Å². The molecule has 4 nitrogen and oxygen atoms in total. The van der Waals surface area contributed by atoms with Crippen molar-refractivity contribution >= 4 is 5.96 Å². The van der Waals surface area contributed by atoms with E-state index < -0.39 is 0 Å². The first-order valence-electron chi connectivity index (χ1n) is 7.50. The molecule has 0 atom stereocenters. The number of hydrogen-bond acceptors (Lipinski definition) is 2. The highest BCUT2D eigenvalue weighted by Gasteiger charge is 1.97. The molecule has 1 aromatic carbocycles. The molecule has 0 radical (unpaired) electrons. The summed E-state index contributed by atoms with van der Waals surface area (Å²) in [6.45, 7) is 8.12. The van der Waals surface area contributed by atoms with Crippen molar-refractivity contribution in [3.8, 4) is 0 Å². The predicted octanol–water partition coefficient (Wildman–Crippen LogP) is 2.56. The summed E-state index contributed by atoms with van der Waals surface area (Å²) in [7, 11) is 0. The SMILES string of the molecule is CCCCOCCNC(=NCc1ccccc1)NCC. The number of aliphatic imine (C=N–C) groups is 1. The summed E-state index contributed by atoms with van der Waals surface area (Å²) in [5, 5.41) is 6.52. The van der Waals surface area contributed by atoms with Crippen molar-refractivity contribution in [2.24, 2.45) is 4.99 Å². The molecule has 0 heterocycles. The van der Waals surface area contributed by atoms with E-state index in [4.69, 9.17) is 4.74 Å². The molecule has 0 aliphatic heterocycles. The molecule has 0 aromatic heterocycles. The van der Waals surface area contributed by atoms with Crippen LogP contribution in [0.3, 0.4) is 0 Å². The standard InChI is InChI=1S/C16H27N3O/c1-3-5-12-20-13-11-18-16(17-4-2)19-14-15-9-7-6-8-10-15/h6-10H,3-5,11-14H2,1-2H3,(H2,17,18,19). The summed E-state index contributed by atoms with van der Waals surface area (Å²) in [6, 6.07) is 10.3. The van der Waals surface area contributed by atoms with Crippen molar-refractivity contribution in [1.29, 1.82) is 0 Å². The highest BCUT2D eigenvalue weighted by molar-refractivity contribution is 5.79. The third kappa shape index (κ3) is 7.79. The van der Waals surface area contributed by atoms with Gasteiger partial charge >= 0.3 is 0 Å². The Balaban J connectivity index is 2.28. The van der Waals surface area contributed by atoms with E-state index in [1.54, 1.807) is 0 Å². The van der Waals surface area contributed by atoms with Crippen LogP contribution in [-0.4, -0.2) is 32.3 Å². The number of ether oxygens (including phenoxy) is 1. The number of rotatable bonds is 9. The first-order valence-corrected chi connectivity index (χ1v) is 7.50. The van der Waals surface area contributed by atoms with E-state index in [2.05, 4.69) is 41.6 Å². The van der Waals surface area contributed by atoms with Crippen LogP contribution in [-0.2, 0) is 11.3 Å². The Kier molecular flexibility index (Phi) is 9.32. The maximum absolute atomic E-state index is 5.52. The van der Waals surface area contributed by atoms with E-state index in [9.17, 15) is 0 Å². The smallest absolute Gasteiger partial charge is 0.191 e. The number of guanidine groups is 1. The minimum Gasteiger partial charge on any atom is -0.380 e. The fourth-order valence-corrected chi connectivity index (χ4v) is 1.69. The molecule has 1 aromatic rings. The van der Waals surface area contributed by atoms with Gasteiger partial charge in [-0.25, -0.2) is 4.99 Å². The molecule has 0 bridgehead atoms. The van der Waals surface area contributed by atoms with E-state index in [0.29, 0.717) is 6.54 Å². The van der Waals surface area contributed by atoms with E-state index in [0.717, 1.165) is 38.7 Å². The van der Waals surface area contributed by atoms with Crippen LogP contribution < -0.4 is 10.6 Å². The van der Waals surface area contributed by atoms with E-state index >= 15 is 0 Å². The van der Waals surface area contributed by atoms with Crippen LogP contribution in [0.15, 0.2) is 35.3 Å². The zero-order valence-electron chi connectivity index (χ0n) is 12.7. The van der Waals surface area contributed by atoms with Crippen LogP contribution in [0.1, 0.15) is 32.3 Å². The summed E-state index contributed by atoms with van der Waals surface area (Å²) in [4.78, 5) is 4.56. The topological polar surface area (TPSA) is 45.6 Å². The second kappa shape index (κ2) is 11.3. The molecular weight excluding hydrogens is 250 g/mol. The lowest BCUT2D eigenvalue weighted by Gasteiger charge is -2.11. The number of benzene rings is 1. The Hall–Kier alpha value is -1.55. The van der Waals surface area contributed by atoms with Gasteiger partial charge in [-0.2, -0.15) is 0 Å². The average molecular weight is 277 g/mol. The largest absolute Gasteiger partial charge is 0.380 e. The molecule has 2 N–H and O–H groups in total. The molecule has 0 fully saturated rings. The van der Waals surface area contributed by atoms with Crippen molar-refractivity contribution in [2.45, 2.75) is 33.2 Å². The van der Waals surface area contributed by atoms with Gasteiger partial charge in [0.1, 0.15) is 0 Å². The maximum atomic E-state index is 5.52. The fourth-order valence-electron chi connectivity index (χ4n) is 1.69. The maximum Gasteiger partial charge on any atom is 0.191 e. The molecule has 0 spiro atoms. The number of nitrogens with zero attached hydrogens (tertiary/aromatic N) is 1. The van der Waals surface area contributed by atoms with Crippen molar-refractivity contribution < 1.29 is 4.74 Å². The van der Waals surface area contributed by atoms with Gasteiger partial charge < -0.3 is 15.4 Å². The Bertz CT molecular complexity index is 365. The van der Waals surface area contributed by atoms with Gasteiger partial charge in [0.25, 0.3) is 0 Å². The zero-order valence-corrected chi connectivity index (χ0v) is 12.7. The van der Waals surface area contributed by atoms with Crippen molar-refractivity contribution in [3.63, 3.8) is 0 Å². The quantitative estimate of drug-likeness (QED) is 0.414. The summed E-state index contributed by atoms with van der Waals surface area (Å²) < 4.78 is 5.52. The lowest BCUT2D eigenvalue weighted by molar-refractivity contribution is 0.136. The molecule has 0 aliphatic rings. The Morgan fingerprint density at radius 3 is 2.60 bits per heavy atom. The minimum atomic E-state index is 0.687. The summed E-state index contributed by atoms with van der Waals surface area (Å²) >= 11 is 0. The first-order chi connectivity index (χ1) is 9.86. The van der Waals surface area contributed by atoms with Crippen LogP contribution in [0.25, 0.3) is 0 Å². The Morgan fingerprint density at radius 1 is 1.10 bits per heavy atom. The van der Waals surface area contributed by atoms with Gasteiger partial charge in [0.05, 0.1) is 13.2 Å². The summed E-state index contributed by atoms with van der Waals surface area (Å²) in [5.41, 5.74) is 1.21. The third-order valence-electron chi connectivity index (χ3n) is 2.79. The van der Waals surface area contributed by atoms with Gasteiger partial charge in [0.2, 0.25) is 0 Å². The first kappa shape index (κ1) is 16.5. The van der Waals surface area contributed by atoms with Crippen molar-refractivity contribution in [3.05, 3.63) is 35.9 Å². The summed E-state index contributed by atoms with van der Waals surface area (Å²) in [6.07, 6.45) is 2.30. The lowest BCUT2D eigenvalue weighted by Crippen LogP contribution is -2.39. The molecule has 0 saturated carbocycles. The molecule has 0 aliphatic carbocycles. The van der Waals surface area contributed by atoms with Gasteiger partial charge in [-0.3, -0.25) is 0 Å². The molecule has 0 saturated heterocycles. The molecule has 20 heavy (non-hydrogen) atoms. The minimum absolute atomic E-state index is 0.687. The Labute approximate surface area is 122 Å². The monoisotopic (exact) mass is 277 g/mol. The molecule has 1 rings (SSSR count). The van der Waals surface area contributed by atoms with Crippen LogP contribution in [0.2, 0.25) is 0 Å². The molecule has 112 valence electrons. The van der Waals surface area contributed by atoms with Crippen LogP contribution >= 0.6 is 0 Å². The van der Waals surface area contributed by atoms with Crippen molar-refractivity contribution in [1.82, 2.24) is 10.6 Å². The second-order valence-electron chi connectivity index (χ2n) is 4.57. The lowest BCUT2D eigenvalue weighted by atomic mass is 10.2. The van der Waals surface area contributed by atoms with Crippen LogP contribution in [0.5, 0.6) is 0 Å². The highest BCUT2D eigenvalue weighted by Crippen LogP contribution is 1.99. The molecular formula is C16H27N3O. The highest BCUT2D eigenvalue weighted by atomic mass is 16.5. The Morgan fingerprint density at radius 2 is 1.90 bits per heavy atom. The summed E-state index contributed by atoms with van der Waals surface area (Å²) in [5.74, 6) is 0.843. The van der Waals surface area contributed by atoms with E-state index in [1.807, 2.05) is 18.2 Å². The second-order valence-corrected chi connectivity index (χ2v) is 4.57.